The van der Waals surface area contributed by atoms with Crippen molar-refractivity contribution in [1.82, 2.24) is 9.34 Å². The third-order valence-corrected chi connectivity index (χ3v) is 9.45. The van der Waals surface area contributed by atoms with Crippen LogP contribution < -0.4 is 0 Å². The summed E-state index contributed by atoms with van der Waals surface area (Å²) >= 11 is 0. The maximum atomic E-state index is 11.5. The Balaban J connectivity index is 1.64. The predicted octanol–water partition coefficient (Wildman–Crippen LogP) is 5.10. The minimum Gasteiger partial charge on any atom is -0.337 e. The fourth-order valence-corrected chi connectivity index (χ4v) is 8.91. The van der Waals surface area contributed by atoms with Crippen LogP contribution in [0.4, 0.5) is 0 Å². The predicted molar refractivity (Wildman–Crippen MR) is 95.3 cm³/mol. The van der Waals surface area contributed by atoms with Crippen molar-refractivity contribution < 1.29 is 4.89 Å². The number of nitrogens with zero attached hydrogens (tertiary/aromatic N) is 2. The largest absolute Gasteiger partial charge is 0.337 e. The number of fused-ring (bicyclic) bond motifs is 1. The monoisotopic (exact) mass is 339 g/mol. The van der Waals surface area contributed by atoms with Crippen LogP contribution in [0.25, 0.3) is 0 Å². The van der Waals surface area contributed by atoms with Gasteiger partial charge >= 0.3 is 0 Å². The van der Waals surface area contributed by atoms with E-state index in [1.54, 1.807) is 0 Å². The third-order valence-electron chi connectivity index (χ3n) is 6.92. The maximum absolute atomic E-state index is 11.5. The van der Waals surface area contributed by atoms with Crippen LogP contribution in [0.5, 0.6) is 0 Å². The molecular formula is C18H34N3OP. The molecule has 3 aliphatic carbocycles. The summed E-state index contributed by atoms with van der Waals surface area (Å²) in [6.07, 6.45) is 17.7. The van der Waals surface area contributed by atoms with Crippen LogP contribution in [0.2, 0.25) is 0 Å². The Kier molecular flexibility index (Phi) is 4.89. The van der Waals surface area contributed by atoms with Gasteiger partial charge in [-0.15, -0.1) is 0 Å². The number of hydrogen-bond acceptors (Lipinski definition) is 1. The van der Waals surface area contributed by atoms with Crippen LogP contribution in [0.1, 0.15) is 89.9 Å². The molecule has 0 aromatic rings. The SMILES string of the molecule is N=P1(O)N(C2CCCCC2)[C@@H]2CCCC[C@H]2N1C1CCCCC1. The van der Waals surface area contributed by atoms with Gasteiger partial charge in [-0.25, -0.2) is 9.34 Å². The second kappa shape index (κ2) is 6.78. The number of nitrogens with one attached hydrogen (secondary N) is 1. The van der Waals surface area contributed by atoms with Crippen molar-refractivity contribution in [2.45, 2.75) is 114 Å². The highest BCUT2D eigenvalue weighted by atomic mass is 31.2. The standard InChI is InChI=1S/C18H34N3OP/c19-23(22)20(15-9-3-1-4-10-15)17-13-7-8-14-18(17)21(23)16-11-5-2-6-12-16/h15-18H,1-14H2,(H2,19,22)/t17-,18-/m1/s1. The molecular weight excluding hydrogens is 305 g/mol. The quantitative estimate of drug-likeness (QED) is 0.688. The maximum Gasteiger partial charge on any atom is 0.223 e. The van der Waals surface area contributed by atoms with E-state index in [2.05, 4.69) is 9.34 Å². The van der Waals surface area contributed by atoms with Crippen molar-refractivity contribution in [3.05, 3.63) is 0 Å². The lowest BCUT2D eigenvalue weighted by Gasteiger charge is -2.41. The summed E-state index contributed by atoms with van der Waals surface area (Å²) in [7, 11) is -2.84. The minimum absolute atomic E-state index is 0.476. The van der Waals surface area contributed by atoms with Gasteiger partial charge in [0.25, 0.3) is 0 Å². The molecule has 2 atom stereocenters. The van der Waals surface area contributed by atoms with Crippen LogP contribution in [0.3, 0.4) is 0 Å². The van der Waals surface area contributed by atoms with E-state index in [-0.39, 0.29) is 0 Å². The van der Waals surface area contributed by atoms with E-state index in [1.165, 1.54) is 89.9 Å². The van der Waals surface area contributed by atoms with Crippen LogP contribution in [0, 0.1) is 5.16 Å². The molecule has 132 valence electrons. The molecule has 0 spiro atoms. The van der Waals surface area contributed by atoms with Crippen molar-refractivity contribution >= 4 is 7.58 Å². The van der Waals surface area contributed by atoms with E-state index in [0.717, 1.165) is 0 Å². The molecule has 4 fully saturated rings. The molecule has 4 rings (SSSR count). The molecule has 23 heavy (non-hydrogen) atoms. The Morgan fingerprint density at radius 2 is 0.957 bits per heavy atom. The lowest BCUT2D eigenvalue weighted by Crippen LogP contribution is -2.45. The first-order chi connectivity index (χ1) is 11.2. The number of rotatable bonds is 2. The molecule has 3 saturated carbocycles. The summed E-state index contributed by atoms with van der Waals surface area (Å²) in [6.45, 7) is 0. The summed E-state index contributed by atoms with van der Waals surface area (Å²) in [5.74, 6) is 0. The van der Waals surface area contributed by atoms with Crippen LogP contribution in [-0.2, 0) is 0 Å². The molecule has 0 unspecified atom stereocenters. The summed E-state index contributed by atoms with van der Waals surface area (Å²) in [5, 5.41) is 9.09. The van der Waals surface area contributed by atoms with Gasteiger partial charge in [-0.05, 0) is 38.5 Å². The van der Waals surface area contributed by atoms with Gasteiger partial charge in [0.2, 0.25) is 7.58 Å². The highest BCUT2D eigenvalue weighted by molar-refractivity contribution is 7.54. The third kappa shape index (κ3) is 2.94. The van der Waals surface area contributed by atoms with E-state index >= 15 is 0 Å². The molecule has 0 radical (unpaired) electrons. The van der Waals surface area contributed by atoms with Gasteiger partial charge in [0, 0.05) is 24.2 Å². The van der Waals surface area contributed by atoms with Crippen molar-refractivity contribution in [1.29, 1.82) is 5.16 Å². The van der Waals surface area contributed by atoms with Gasteiger partial charge in [0.15, 0.2) is 0 Å². The summed E-state index contributed by atoms with van der Waals surface area (Å²) in [4.78, 5) is 11.5. The molecule has 1 aliphatic heterocycles. The van der Waals surface area contributed by atoms with E-state index in [9.17, 15) is 4.89 Å². The Morgan fingerprint density at radius 1 is 0.609 bits per heavy atom. The first-order valence-electron chi connectivity index (χ1n) is 10.1. The molecule has 0 amide bonds. The second-order valence-electron chi connectivity index (χ2n) is 8.33. The van der Waals surface area contributed by atoms with Gasteiger partial charge in [-0.2, -0.15) is 0 Å². The Hall–Kier alpha value is 0.110. The van der Waals surface area contributed by atoms with Crippen molar-refractivity contribution in [2.24, 2.45) is 0 Å². The topological polar surface area (TPSA) is 50.6 Å². The lowest BCUT2D eigenvalue weighted by molar-refractivity contribution is 0.133. The van der Waals surface area contributed by atoms with Crippen molar-refractivity contribution in [2.75, 3.05) is 0 Å². The average Bonchev–Trinajstić information content (AvgIpc) is 2.82. The van der Waals surface area contributed by atoms with Crippen molar-refractivity contribution in [3.8, 4) is 0 Å². The molecule has 5 heteroatoms. The molecule has 0 aromatic carbocycles. The Labute approximate surface area is 141 Å². The average molecular weight is 339 g/mol. The second-order valence-corrected chi connectivity index (χ2v) is 10.4. The van der Waals surface area contributed by atoms with E-state index in [1.807, 2.05) is 0 Å². The summed E-state index contributed by atoms with van der Waals surface area (Å²) < 4.78 is 4.76. The zero-order valence-corrected chi connectivity index (χ0v) is 15.4. The Morgan fingerprint density at radius 3 is 1.35 bits per heavy atom. The molecule has 1 heterocycles. The van der Waals surface area contributed by atoms with Crippen LogP contribution >= 0.6 is 7.58 Å². The molecule has 4 nitrogen and oxygen atoms in total. The van der Waals surface area contributed by atoms with E-state index in [4.69, 9.17) is 5.16 Å². The van der Waals surface area contributed by atoms with Gasteiger partial charge < -0.3 is 4.89 Å². The first-order valence-corrected chi connectivity index (χ1v) is 11.8. The lowest BCUT2D eigenvalue weighted by atomic mass is 9.86. The summed E-state index contributed by atoms with van der Waals surface area (Å²) in [6, 6.07) is 1.92. The van der Waals surface area contributed by atoms with E-state index in [0.29, 0.717) is 24.2 Å². The van der Waals surface area contributed by atoms with Gasteiger partial charge in [0.05, 0.1) is 0 Å². The highest BCUT2D eigenvalue weighted by Crippen LogP contribution is 2.65. The van der Waals surface area contributed by atoms with Crippen LogP contribution in [0.15, 0.2) is 0 Å². The number of hydrogen-bond donors (Lipinski definition) is 2. The fraction of sp³-hybridized carbons (Fsp3) is 1.00. The molecule has 2 N–H and O–H groups in total. The normalized spacial score (nSPS) is 37.8. The molecule has 4 aliphatic rings. The van der Waals surface area contributed by atoms with Gasteiger partial charge in [0.1, 0.15) is 0 Å². The molecule has 0 bridgehead atoms. The first kappa shape index (κ1) is 16.6. The Bertz CT molecular complexity index is 421. The van der Waals surface area contributed by atoms with Crippen molar-refractivity contribution in [3.63, 3.8) is 0 Å². The molecule has 0 aromatic heterocycles. The fourth-order valence-electron chi connectivity index (χ4n) is 5.93. The summed E-state index contributed by atoms with van der Waals surface area (Å²) in [5.41, 5.74) is 0. The minimum atomic E-state index is -2.84. The zero-order chi connectivity index (χ0) is 15.9. The van der Waals surface area contributed by atoms with Crippen LogP contribution in [-0.4, -0.2) is 38.4 Å². The smallest absolute Gasteiger partial charge is 0.223 e. The highest BCUT2D eigenvalue weighted by Gasteiger charge is 2.55. The molecule has 1 saturated heterocycles. The zero-order valence-electron chi connectivity index (χ0n) is 14.5. The van der Waals surface area contributed by atoms with Gasteiger partial charge in [-0.1, -0.05) is 51.4 Å². The van der Waals surface area contributed by atoms with E-state index < -0.39 is 7.58 Å². The van der Waals surface area contributed by atoms with Gasteiger partial charge in [-0.3, -0.25) is 5.16 Å².